The van der Waals surface area contributed by atoms with Gasteiger partial charge in [0.25, 0.3) is 0 Å². The maximum atomic E-state index is 13.1. The van der Waals surface area contributed by atoms with Crippen LogP contribution in [0.25, 0.3) is 11.1 Å². The lowest BCUT2D eigenvalue weighted by molar-refractivity contribution is 0.339. The van der Waals surface area contributed by atoms with Crippen molar-refractivity contribution in [1.82, 2.24) is 4.98 Å². The zero-order valence-electron chi connectivity index (χ0n) is 8.98. The summed E-state index contributed by atoms with van der Waals surface area (Å²) in [5, 5.41) is 0. The van der Waals surface area contributed by atoms with Gasteiger partial charge in [0.1, 0.15) is 11.6 Å². The molecule has 0 spiro atoms. The number of hydrogen-bond acceptors (Lipinski definition) is 2. The monoisotopic (exact) mass is 217 g/mol. The number of pyridine rings is 1. The molecule has 0 radical (unpaired) electrons. The predicted molar refractivity (Wildman–Crippen MR) is 60.8 cm³/mol. The molecule has 2 nitrogen and oxygen atoms in total. The van der Waals surface area contributed by atoms with E-state index in [-0.39, 0.29) is 5.82 Å². The number of rotatable bonds is 3. The van der Waals surface area contributed by atoms with Gasteiger partial charge in [0, 0.05) is 29.6 Å². The van der Waals surface area contributed by atoms with Gasteiger partial charge in [-0.15, -0.1) is 0 Å². The molecule has 0 saturated carbocycles. The minimum absolute atomic E-state index is 0.295. The summed E-state index contributed by atoms with van der Waals surface area (Å²) in [6.07, 6.45) is 3.43. The van der Waals surface area contributed by atoms with E-state index in [4.69, 9.17) is 4.74 Å². The summed E-state index contributed by atoms with van der Waals surface area (Å²) >= 11 is 0. The SMILES string of the molecule is CCOc1cc(F)ccc1-c1cccnc1. The highest BCUT2D eigenvalue weighted by atomic mass is 19.1. The van der Waals surface area contributed by atoms with Gasteiger partial charge >= 0.3 is 0 Å². The highest BCUT2D eigenvalue weighted by Gasteiger charge is 2.07. The second-order valence-corrected chi connectivity index (χ2v) is 3.32. The Kier molecular flexibility index (Phi) is 3.15. The molecule has 1 heterocycles. The average Bonchev–Trinajstić information content (AvgIpc) is 2.31. The number of hydrogen-bond donors (Lipinski definition) is 0. The Morgan fingerprint density at radius 2 is 2.19 bits per heavy atom. The van der Waals surface area contributed by atoms with Crippen LogP contribution in [-0.2, 0) is 0 Å². The molecular formula is C13H12FNO. The maximum absolute atomic E-state index is 13.1. The normalized spacial score (nSPS) is 10.1. The van der Waals surface area contributed by atoms with Gasteiger partial charge in [-0.3, -0.25) is 4.98 Å². The van der Waals surface area contributed by atoms with Gasteiger partial charge in [-0.2, -0.15) is 0 Å². The summed E-state index contributed by atoms with van der Waals surface area (Å²) in [5.41, 5.74) is 1.78. The van der Waals surface area contributed by atoms with Crippen molar-refractivity contribution in [2.75, 3.05) is 6.61 Å². The molecular weight excluding hydrogens is 205 g/mol. The fraction of sp³-hybridized carbons (Fsp3) is 0.154. The fourth-order valence-corrected chi connectivity index (χ4v) is 1.53. The lowest BCUT2D eigenvalue weighted by atomic mass is 10.1. The van der Waals surface area contributed by atoms with Crippen LogP contribution in [-0.4, -0.2) is 11.6 Å². The molecule has 0 fully saturated rings. The zero-order valence-corrected chi connectivity index (χ0v) is 8.98. The molecule has 82 valence electrons. The molecule has 3 heteroatoms. The maximum Gasteiger partial charge on any atom is 0.130 e. The summed E-state index contributed by atoms with van der Waals surface area (Å²) in [5.74, 6) is 0.256. The predicted octanol–water partition coefficient (Wildman–Crippen LogP) is 3.29. The smallest absolute Gasteiger partial charge is 0.130 e. The van der Waals surface area contributed by atoms with Crippen molar-refractivity contribution in [3.8, 4) is 16.9 Å². The van der Waals surface area contributed by atoms with E-state index in [1.165, 1.54) is 12.1 Å². The second-order valence-electron chi connectivity index (χ2n) is 3.32. The van der Waals surface area contributed by atoms with Crippen molar-refractivity contribution in [3.05, 3.63) is 48.5 Å². The quantitative estimate of drug-likeness (QED) is 0.787. The van der Waals surface area contributed by atoms with Crippen LogP contribution in [0.15, 0.2) is 42.7 Å². The largest absolute Gasteiger partial charge is 0.493 e. The average molecular weight is 217 g/mol. The Morgan fingerprint density at radius 3 is 2.88 bits per heavy atom. The van der Waals surface area contributed by atoms with Crippen molar-refractivity contribution in [1.29, 1.82) is 0 Å². The minimum atomic E-state index is -0.295. The highest BCUT2D eigenvalue weighted by Crippen LogP contribution is 2.30. The van der Waals surface area contributed by atoms with E-state index in [0.717, 1.165) is 11.1 Å². The van der Waals surface area contributed by atoms with Crippen LogP contribution in [0.2, 0.25) is 0 Å². The van der Waals surface area contributed by atoms with E-state index in [1.807, 2.05) is 19.1 Å². The van der Waals surface area contributed by atoms with Crippen molar-refractivity contribution in [2.45, 2.75) is 6.92 Å². The van der Waals surface area contributed by atoms with Gasteiger partial charge in [-0.25, -0.2) is 4.39 Å². The van der Waals surface area contributed by atoms with Crippen LogP contribution in [0, 0.1) is 5.82 Å². The van der Waals surface area contributed by atoms with Crippen molar-refractivity contribution in [3.63, 3.8) is 0 Å². The minimum Gasteiger partial charge on any atom is -0.493 e. The first-order valence-electron chi connectivity index (χ1n) is 5.14. The first kappa shape index (κ1) is 10.6. The Morgan fingerprint density at radius 1 is 1.31 bits per heavy atom. The Bertz CT molecular complexity index is 471. The summed E-state index contributed by atoms with van der Waals surface area (Å²) < 4.78 is 18.5. The molecule has 0 unspecified atom stereocenters. The third-order valence-corrected chi connectivity index (χ3v) is 2.22. The fourth-order valence-electron chi connectivity index (χ4n) is 1.53. The van der Waals surface area contributed by atoms with Gasteiger partial charge in [-0.1, -0.05) is 6.07 Å². The summed E-state index contributed by atoms with van der Waals surface area (Å²) in [6, 6.07) is 8.28. The first-order chi connectivity index (χ1) is 7.81. The van der Waals surface area contributed by atoms with Crippen LogP contribution >= 0.6 is 0 Å². The third-order valence-electron chi connectivity index (χ3n) is 2.22. The van der Waals surface area contributed by atoms with Gasteiger partial charge in [0.05, 0.1) is 6.61 Å². The van der Waals surface area contributed by atoms with Crippen LogP contribution in [0.4, 0.5) is 4.39 Å². The molecule has 0 bridgehead atoms. The molecule has 16 heavy (non-hydrogen) atoms. The summed E-state index contributed by atoms with van der Waals surface area (Å²) in [6.45, 7) is 2.38. The van der Waals surface area contributed by atoms with E-state index in [0.29, 0.717) is 12.4 Å². The van der Waals surface area contributed by atoms with Crippen molar-refractivity contribution in [2.24, 2.45) is 0 Å². The summed E-state index contributed by atoms with van der Waals surface area (Å²) in [4.78, 5) is 4.04. The van der Waals surface area contributed by atoms with Crippen LogP contribution in [0.3, 0.4) is 0 Å². The van der Waals surface area contributed by atoms with Crippen molar-refractivity contribution < 1.29 is 9.13 Å². The van der Waals surface area contributed by atoms with Gasteiger partial charge in [-0.05, 0) is 25.1 Å². The Labute approximate surface area is 93.7 Å². The highest BCUT2D eigenvalue weighted by molar-refractivity contribution is 5.69. The first-order valence-corrected chi connectivity index (χ1v) is 5.14. The zero-order chi connectivity index (χ0) is 11.4. The van der Waals surface area contributed by atoms with E-state index in [9.17, 15) is 4.39 Å². The lowest BCUT2D eigenvalue weighted by Crippen LogP contribution is -1.95. The topological polar surface area (TPSA) is 22.1 Å². The molecule has 0 N–H and O–H groups in total. The van der Waals surface area contributed by atoms with Gasteiger partial charge < -0.3 is 4.74 Å². The van der Waals surface area contributed by atoms with Gasteiger partial charge in [0.15, 0.2) is 0 Å². The molecule has 0 atom stereocenters. The molecule has 2 aromatic rings. The Hall–Kier alpha value is -1.90. The molecule has 0 saturated heterocycles. The third kappa shape index (κ3) is 2.19. The number of nitrogens with zero attached hydrogens (tertiary/aromatic N) is 1. The molecule has 2 rings (SSSR count). The Balaban J connectivity index is 2.48. The van der Waals surface area contributed by atoms with E-state index < -0.39 is 0 Å². The second kappa shape index (κ2) is 4.75. The number of aromatic nitrogens is 1. The van der Waals surface area contributed by atoms with Crippen molar-refractivity contribution >= 4 is 0 Å². The standard InChI is InChI=1S/C13H12FNO/c1-2-16-13-8-11(14)5-6-12(13)10-4-3-7-15-9-10/h3-9H,2H2,1H3. The molecule has 1 aromatic heterocycles. The molecule has 0 aliphatic heterocycles. The number of benzene rings is 1. The molecule has 0 aliphatic rings. The molecule has 0 aliphatic carbocycles. The number of halogens is 1. The van der Waals surface area contributed by atoms with E-state index in [1.54, 1.807) is 18.5 Å². The number of ether oxygens (including phenoxy) is 1. The van der Waals surface area contributed by atoms with Crippen LogP contribution < -0.4 is 4.74 Å². The van der Waals surface area contributed by atoms with Crippen LogP contribution in [0.5, 0.6) is 5.75 Å². The van der Waals surface area contributed by atoms with E-state index in [2.05, 4.69) is 4.98 Å². The lowest BCUT2D eigenvalue weighted by Gasteiger charge is -2.09. The summed E-state index contributed by atoms with van der Waals surface area (Å²) in [7, 11) is 0. The van der Waals surface area contributed by atoms with Crippen LogP contribution in [0.1, 0.15) is 6.92 Å². The van der Waals surface area contributed by atoms with Gasteiger partial charge in [0.2, 0.25) is 0 Å². The molecule has 1 aromatic carbocycles. The van der Waals surface area contributed by atoms with E-state index >= 15 is 0 Å². The molecule has 0 amide bonds.